The second-order valence-corrected chi connectivity index (χ2v) is 8.73. The summed E-state index contributed by atoms with van der Waals surface area (Å²) in [6.45, 7) is 3.89. The summed E-state index contributed by atoms with van der Waals surface area (Å²) in [5, 5.41) is 10.1. The minimum atomic E-state index is -3.92. The van der Waals surface area contributed by atoms with Crippen LogP contribution in [0.25, 0.3) is 0 Å². The number of halogens is 1. The predicted molar refractivity (Wildman–Crippen MR) is 105 cm³/mol. The third kappa shape index (κ3) is 3.95. The van der Waals surface area contributed by atoms with Gasteiger partial charge in [0.2, 0.25) is 15.9 Å². The molecule has 3 rings (SSSR count). The van der Waals surface area contributed by atoms with E-state index in [9.17, 15) is 18.3 Å². The fourth-order valence-corrected chi connectivity index (χ4v) is 5.17. The van der Waals surface area contributed by atoms with E-state index >= 15 is 0 Å². The van der Waals surface area contributed by atoms with Crippen LogP contribution in [0, 0.1) is 13.8 Å². The summed E-state index contributed by atoms with van der Waals surface area (Å²) >= 11 is 6.13. The zero-order valence-electron chi connectivity index (χ0n) is 15.1. The van der Waals surface area contributed by atoms with Crippen molar-refractivity contribution in [1.29, 1.82) is 0 Å². The van der Waals surface area contributed by atoms with Gasteiger partial charge in [-0.15, -0.1) is 0 Å². The van der Waals surface area contributed by atoms with Gasteiger partial charge in [-0.2, -0.15) is 0 Å². The molecule has 8 heteroatoms. The van der Waals surface area contributed by atoms with Crippen molar-refractivity contribution in [3.8, 4) is 5.75 Å². The highest BCUT2D eigenvalue weighted by atomic mass is 35.5. The van der Waals surface area contributed by atoms with Crippen LogP contribution >= 0.6 is 11.6 Å². The molecule has 1 aliphatic heterocycles. The molecule has 6 nitrogen and oxygen atoms in total. The zero-order chi connectivity index (χ0) is 19.8. The van der Waals surface area contributed by atoms with Gasteiger partial charge >= 0.3 is 0 Å². The summed E-state index contributed by atoms with van der Waals surface area (Å²) in [6, 6.07) is 8.64. The Balaban J connectivity index is 1.83. The van der Waals surface area contributed by atoms with Crippen molar-refractivity contribution in [2.24, 2.45) is 0 Å². The molecule has 0 radical (unpaired) electrons. The number of aryl methyl sites for hydroxylation is 1. The maximum atomic E-state index is 12.7. The molecule has 0 bridgehead atoms. The SMILES string of the molecule is Cc1cc(Cl)c(S(=O)(=O)NCc2cccc(N3CCCC3=O)c2)c(C)c1O. The predicted octanol–water partition coefficient (Wildman–Crippen LogP) is 3.27. The van der Waals surface area contributed by atoms with Crippen molar-refractivity contribution < 1.29 is 18.3 Å². The van der Waals surface area contributed by atoms with Gasteiger partial charge < -0.3 is 10.0 Å². The molecule has 0 saturated carbocycles. The van der Waals surface area contributed by atoms with Crippen molar-refractivity contribution in [3.05, 3.63) is 52.0 Å². The van der Waals surface area contributed by atoms with Crippen LogP contribution in [0.4, 0.5) is 5.69 Å². The molecule has 1 saturated heterocycles. The lowest BCUT2D eigenvalue weighted by Crippen LogP contribution is -2.26. The van der Waals surface area contributed by atoms with E-state index in [1.165, 1.54) is 13.0 Å². The number of rotatable bonds is 5. The largest absolute Gasteiger partial charge is 0.507 e. The lowest BCUT2D eigenvalue weighted by atomic mass is 10.1. The Bertz CT molecular complexity index is 1010. The number of nitrogens with zero attached hydrogens (tertiary/aromatic N) is 1. The maximum Gasteiger partial charge on any atom is 0.242 e. The third-order valence-corrected chi connectivity index (χ3v) is 6.66. The first-order valence-electron chi connectivity index (χ1n) is 8.58. The van der Waals surface area contributed by atoms with Gasteiger partial charge in [0.15, 0.2) is 0 Å². The number of sulfonamides is 1. The Morgan fingerprint density at radius 1 is 1.26 bits per heavy atom. The van der Waals surface area contributed by atoms with E-state index in [0.717, 1.165) is 17.7 Å². The number of hydrogen-bond donors (Lipinski definition) is 2. The van der Waals surface area contributed by atoms with Gasteiger partial charge in [-0.3, -0.25) is 4.79 Å². The van der Waals surface area contributed by atoms with E-state index in [2.05, 4.69) is 4.72 Å². The average Bonchev–Trinajstić information content (AvgIpc) is 3.04. The van der Waals surface area contributed by atoms with E-state index in [1.54, 1.807) is 30.0 Å². The van der Waals surface area contributed by atoms with Gasteiger partial charge in [0.05, 0.1) is 5.02 Å². The molecule has 2 aromatic carbocycles. The number of aromatic hydroxyl groups is 1. The summed E-state index contributed by atoms with van der Waals surface area (Å²) in [4.78, 5) is 13.5. The molecule has 1 aliphatic rings. The number of anilines is 1. The minimum Gasteiger partial charge on any atom is -0.507 e. The molecule has 1 fully saturated rings. The summed E-state index contributed by atoms with van der Waals surface area (Å²) < 4.78 is 28.0. The number of hydrogen-bond acceptors (Lipinski definition) is 4. The molecule has 2 N–H and O–H groups in total. The molecule has 1 amide bonds. The highest BCUT2D eigenvalue weighted by molar-refractivity contribution is 7.89. The Morgan fingerprint density at radius 3 is 2.67 bits per heavy atom. The summed E-state index contributed by atoms with van der Waals surface area (Å²) in [7, 11) is -3.92. The van der Waals surface area contributed by atoms with Gasteiger partial charge in [-0.1, -0.05) is 23.7 Å². The Kier molecular flexibility index (Phi) is 5.46. The molecule has 144 valence electrons. The highest BCUT2D eigenvalue weighted by Crippen LogP contribution is 2.34. The number of phenolic OH excluding ortho intramolecular Hbond substituents is 1. The average molecular weight is 409 g/mol. The van der Waals surface area contributed by atoms with Crippen LogP contribution in [-0.2, 0) is 21.4 Å². The molecule has 0 atom stereocenters. The van der Waals surface area contributed by atoms with Crippen LogP contribution < -0.4 is 9.62 Å². The van der Waals surface area contributed by atoms with Crippen LogP contribution in [-0.4, -0.2) is 26.0 Å². The lowest BCUT2D eigenvalue weighted by molar-refractivity contribution is -0.117. The van der Waals surface area contributed by atoms with Gasteiger partial charge in [0.25, 0.3) is 0 Å². The summed E-state index contributed by atoms with van der Waals surface area (Å²) in [5.41, 5.74) is 2.21. The van der Waals surface area contributed by atoms with Crippen LogP contribution in [0.3, 0.4) is 0 Å². The van der Waals surface area contributed by atoms with Crippen molar-refractivity contribution >= 4 is 33.2 Å². The Hall–Kier alpha value is -2.09. The van der Waals surface area contributed by atoms with Crippen LogP contribution in [0.5, 0.6) is 5.75 Å². The standard InChI is InChI=1S/C19H21ClN2O4S/c1-12-9-16(20)19(13(2)18(12)24)27(25,26)21-11-14-5-3-6-15(10-14)22-8-4-7-17(22)23/h3,5-6,9-10,21,24H,4,7-8,11H2,1-2H3. The molecule has 0 spiro atoms. The van der Waals surface area contributed by atoms with E-state index in [1.807, 2.05) is 6.07 Å². The molecule has 27 heavy (non-hydrogen) atoms. The first-order valence-corrected chi connectivity index (χ1v) is 10.4. The van der Waals surface area contributed by atoms with Gasteiger partial charge in [0, 0.05) is 30.8 Å². The fourth-order valence-electron chi connectivity index (χ4n) is 3.24. The highest BCUT2D eigenvalue weighted by Gasteiger charge is 2.24. The topological polar surface area (TPSA) is 86.7 Å². The Morgan fingerprint density at radius 2 is 2.00 bits per heavy atom. The van der Waals surface area contributed by atoms with Crippen molar-refractivity contribution in [1.82, 2.24) is 4.72 Å². The maximum absolute atomic E-state index is 12.7. The normalized spacial score (nSPS) is 14.8. The lowest BCUT2D eigenvalue weighted by Gasteiger charge is -2.17. The number of phenols is 1. The summed E-state index contributed by atoms with van der Waals surface area (Å²) in [5.74, 6) is -0.0143. The van der Waals surface area contributed by atoms with E-state index in [4.69, 9.17) is 11.6 Å². The molecule has 2 aromatic rings. The first-order chi connectivity index (χ1) is 12.7. The molecular formula is C19H21ClN2O4S. The van der Waals surface area contributed by atoms with Gasteiger partial charge in [0.1, 0.15) is 10.6 Å². The van der Waals surface area contributed by atoms with Crippen LogP contribution in [0.15, 0.2) is 35.2 Å². The smallest absolute Gasteiger partial charge is 0.242 e. The van der Waals surface area contributed by atoms with E-state index in [0.29, 0.717) is 18.5 Å². The molecule has 1 heterocycles. The van der Waals surface area contributed by atoms with Crippen LogP contribution in [0.2, 0.25) is 5.02 Å². The number of amides is 1. The quantitative estimate of drug-likeness (QED) is 0.794. The number of carbonyl (C=O) groups is 1. The molecular weight excluding hydrogens is 388 g/mol. The van der Waals surface area contributed by atoms with E-state index in [-0.39, 0.29) is 33.7 Å². The van der Waals surface area contributed by atoms with Crippen molar-refractivity contribution in [2.45, 2.75) is 38.1 Å². The number of benzene rings is 2. The number of nitrogens with one attached hydrogen (secondary N) is 1. The second kappa shape index (κ2) is 7.50. The molecule has 0 aromatic heterocycles. The van der Waals surface area contributed by atoms with Gasteiger partial charge in [-0.05, 0) is 49.6 Å². The third-order valence-electron chi connectivity index (χ3n) is 4.66. The fraction of sp³-hybridized carbons (Fsp3) is 0.316. The van der Waals surface area contributed by atoms with Crippen molar-refractivity contribution in [2.75, 3.05) is 11.4 Å². The Labute approximate surface area is 163 Å². The van der Waals surface area contributed by atoms with Crippen molar-refractivity contribution in [3.63, 3.8) is 0 Å². The molecule has 0 aliphatic carbocycles. The second-order valence-electron chi connectivity index (χ2n) is 6.62. The van der Waals surface area contributed by atoms with E-state index < -0.39 is 10.0 Å². The first kappa shape index (κ1) is 19.7. The summed E-state index contributed by atoms with van der Waals surface area (Å²) in [6.07, 6.45) is 1.36. The number of carbonyl (C=O) groups excluding carboxylic acids is 1. The minimum absolute atomic E-state index is 0.0443. The van der Waals surface area contributed by atoms with Crippen LogP contribution in [0.1, 0.15) is 29.5 Å². The monoisotopic (exact) mass is 408 g/mol. The zero-order valence-corrected chi connectivity index (χ0v) is 16.7. The molecule has 0 unspecified atom stereocenters. The van der Waals surface area contributed by atoms with Gasteiger partial charge in [-0.25, -0.2) is 13.1 Å².